The van der Waals surface area contributed by atoms with Gasteiger partial charge in [-0.3, -0.25) is 14.4 Å². The first-order valence-corrected chi connectivity index (χ1v) is 14.7. The Morgan fingerprint density at radius 3 is 2.25 bits per heavy atom. The van der Waals surface area contributed by atoms with Crippen molar-refractivity contribution in [1.29, 1.82) is 5.26 Å². The van der Waals surface area contributed by atoms with E-state index in [1.54, 1.807) is 0 Å². The second-order valence-electron chi connectivity index (χ2n) is 14.7. The number of halogens is 1. The number of hydrogen-bond donors (Lipinski definition) is 0. The molecule has 0 bridgehead atoms. The Morgan fingerprint density at radius 1 is 1.00 bits per heavy atom. The number of allylic oxidation sites excluding steroid dienone is 4. The van der Waals surface area contributed by atoms with Crippen LogP contribution in [-0.4, -0.2) is 15.4 Å². The lowest BCUT2D eigenvalue weighted by atomic mass is 9.34. The molecule has 0 heterocycles. The minimum absolute atomic E-state index is 0.0501. The summed E-state index contributed by atoms with van der Waals surface area (Å²) in [5, 5.41) is 9.85. The van der Waals surface area contributed by atoms with Gasteiger partial charge in [0.15, 0.2) is 15.4 Å². The highest BCUT2D eigenvalue weighted by Gasteiger charge is 2.70. The van der Waals surface area contributed by atoms with Gasteiger partial charge in [-0.05, 0) is 79.1 Å². The van der Waals surface area contributed by atoms with Gasteiger partial charge in [-0.15, -0.1) is 0 Å². The van der Waals surface area contributed by atoms with Crippen LogP contribution in [0, 0.1) is 61.6 Å². The summed E-state index contributed by atoms with van der Waals surface area (Å²) in [4.78, 5) is 40.7. The lowest BCUT2D eigenvalue weighted by molar-refractivity contribution is -0.172. The third-order valence-electron chi connectivity index (χ3n) is 12.3. The number of hydrogen-bond acceptors (Lipinski definition) is 4. The maximum absolute atomic E-state index is 14.3. The van der Waals surface area contributed by atoms with Crippen LogP contribution in [0.1, 0.15) is 93.4 Å². The van der Waals surface area contributed by atoms with Gasteiger partial charge in [-0.25, -0.2) is 0 Å². The topological polar surface area (TPSA) is 75.0 Å². The molecule has 0 amide bonds. The molecule has 5 aliphatic carbocycles. The summed E-state index contributed by atoms with van der Waals surface area (Å²) in [6.45, 7) is 15.4. The Bertz CT molecular complexity index is 1190. The standard InChI is InChI=1S/C31H40INO3/c1-26(2)10-12-31(25(32)36)13-11-30(7)23(19(31)16-26)20(34)14-22-28(5)15-18(17-33)24(35)27(3,4)21(28)8-9-29(22,30)6/h14-15,19,21,23H,8-13,16H2,1-7H3/t19?,21-,23?,28-,29+,30+,31-/m0/s1. The largest absolute Gasteiger partial charge is 0.295 e. The van der Waals surface area contributed by atoms with Gasteiger partial charge in [-0.2, -0.15) is 5.26 Å². The zero-order valence-electron chi connectivity index (χ0n) is 22.9. The molecule has 0 aromatic carbocycles. The third-order valence-corrected chi connectivity index (χ3v) is 13.3. The van der Waals surface area contributed by atoms with Crippen molar-refractivity contribution in [3.8, 4) is 6.07 Å². The van der Waals surface area contributed by atoms with Crippen LogP contribution in [0.3, 0.4) is 0 Å². The number of nitrogens with zero attached hydrogens (tertiary/aromatic N) is 1. The van der Waals surface area contributed by atoms with Gasteiger partial charge in [0.25, 0.3) is 0 Å². The molecule has 0 spiro atoms. The molecular weight excluding hydrogens is 561 g/mol. The van der Waals surface area contributed by atoms with E-state index < -0.39 is 16.2 Å². The molecule has 36 heavy (non-hydrogen) atoms. The molecule has 3 fully saturated rings. The number of carbonyl (C=O) groups excluding carboxylic acids is 3. The monoisotopic (exact) mass is 601 g/mol. The molecule has 0 saturated heterocycles. The van der Waals surface area contributed by atoms with Crippen molar-refractivity contribution in [2.24, 2.45) is 50.2 Å². The molecule has 3 saturated carbocycles. The van der Waals surface area contributed by atoms with E-state index in [0.717, 1.165) is 50.5 Å². The molecule has 5 aliphatic rings. The van der Waals surface area contributed by atoms with E-state index in [1.807, 2.05) is 48.6 Å². The predicted molar refractivity (Wildman–Crippen MR) is 148 cm³/mol. The number of fused-ring (bicyclic) bond motifs is 7. The first-order valence-electron chi connectivity index (χ1n) is 13.6. The number of nitriles is 1. The third kappa shape index (κ3) is 3.06. The summed E-state index contributed by atoms with van der Waals surface area (Å²) in [7, 11) is 0. The van der Waals surface area contributed by atoms with Crippen molar-refractivity contribution < 1.29 is 14.4 Å². The average Bonchev–Trinajstić information content (AvgIpc) is 2.77. The molecule has 0 N–H and O–H groups in total. The van der Waals surface area contributed by atoms with E-state index in [0.29, 0.717) is 0 Å². The molecular formula is C31H40INO3. The zero-order chi connectivity index (χ0) is 26.7. The summed E-state index contributed by atoms with van der Waals surface area (Å²) < 4.78 is 0.236. The zero-order valence-corrected chi connectivity index (χ0v) is 25.0. The Balaban J connectivity index is 1.71. The van der Waals surface area contributed by atoms with Crippen LogP contribution in [0.4, 0.5) is 0 Å². The maximum Gasteiger partial charge on any atom is 0.198 e. The van der Waals surface area contributed by atoms with E-state index in [4.69, 9.17) is 0 Å². The van der Waals surface area contributed by atoms with Crippen molar-refractivity contribution in [2.45, 2.75) is 93.4 Å². The average molecular weight is 602 g/mol. The molecule has 0 aromatic heterocycles. The summed E-state index contributed by atoms with van der Waals surface area (Å²) in [5.74, 6) is 0.0325. The van der Waals surface area contributed by atoms with Crippen LogP contribution in [0.15, 0.2) is 23.3 Å². The fraction of sp³-hybridized carbons (Fsp3) is 0.742. The van der Waals surface area contributed by atoms with Gasteiger partial charge in [0.05, 0.1) is 5.57 Å². The second kappa shape index (κ2) is 7.64. The minimum Gasteiger partial charge on any atom is -0.295 e. The Morgan fingerprint density at radius 2 is 1.64 bits per heavy atom. The predicted octanol–water partition coefficient (Wildman–Crippen LogP) is 7.17. The molecule has 2 unspecified atom stereocenters. The molecule has 194 valence electrons. The van der Waals surface area contributed by atoms with Crippen molar-refractivity contribution in [2.75, 3.05) is 0 Å². The summed E-state index contributed by atoms with van der Waals surface area (Å²) >= 11 is 2.02. The van der Waals surface area contributed by atoms with Crippen molar-refractivity contribution in [3.05, 3.63) is 23.3 Å². The number of Topliss-reactive ketones (excluding diaryl/α,β-unsaturated/α-hetero) is 1. The van der Waals surface area contributed by atoms with Crippen LogP contribution in [-0.2, 0) is 14.4 Å². The lowest BCUT2D eigenvalue weighted by Gasteiger charge is -2.68. The van der Waals surface area contributed by atoms with E-state index in [1.165, 1.54) is 0 Å². The van der Waals surface area contributed by atoms with Crippen molar-refractivity contribution >= 4 is 37.9 Å². The molecule has 4 nitrogen and oxygen atoms in total. The molecule has 5 heteroatoms. The van der Waals surface area contributed by atoms with E-state index >= 15 is 0 Å². The first-order chi connectivity index (χ1) is 16.5. The fourth-order valence-corrected chi connectivity index (χ4v) is 10.9. The SMILES string of the molecule is CC1(C)CC[C@]2(C(=O)I)CC[C@]3(C)C(C(=O)C=C4[C@@]5(C)C=C(C#N)C(=O)C(C)(C)[C@@H]5CC[C@]43C)C2C1. The quantitative estimate of drug-likeness (QED) is 0.236. The van der Waals surface area contributed by atoms with Crippen LogP contribution in [0.2, 0.25) is 0 Å². The van der Waals surface area contributed by atoms with Crippen molar-refractivity contribution in [3.63, 3.8) is 0 Å². The number of ketones is 2. The van der Waals surface area contributed by atoms with Crippen LogP contribution in [0.5, 0.6) is 0 Å². The smallest absolute Gasteiger partial charge is 0.198 e. The summed E-state index contributed by atoms with van der Waals surface area (Å²) in [6.07, 6.45) is 10.2. The van der Waals surface area contributed by atoms with Gasteiger partial charge in [0.2, 0.25) is 0 Å². The number of rotatable bonds is 1. The first kappa shape index (κ1) is 26.3. The molecule has 0 aromatic rings. The van der Waals surface area contributed by atoms with Crippen LogP contribution < -0.4 is 0 Å². The molecule has 7 atom stereocenters. The maximum atomic E-state index is 14.3. The summed E-state index contributed by atoms with van der Waals surface area (Å²) in [5.41, 5.74) is -0.590. The van der Waals surface area contributed by atoms with Gasteiger partial charge < -0.3 is 0 Å². The highest BCUT2D eigenvalue weighted by molar-refractivity contribution is 14.1. The molecule has 5 rings (SSSR count). The van der Waals surface area contributed by atoms with Gasteiger partial charge in [0.1, 0.15) is 6.07 Å². The number of carbonyl (C=O) groups is 3. The van der Waals surface area contributed by atoms with E-state index in [2.05, 4.69) is 40.7 Å². The molecule has 0 radical (unpaired) electrons. The Hall–Kier alpha value is -1.29. The van der Waals surface area contributed by atoms with Gasteiger partial charge >= 0.3 is 0 Å². The normalized spacial score (nSPS) is 46.7. The highest BCUT2D eigenvalue weighted by Crippen LogP contribution is 2.74. The highest BCUT2D eigenvalue weighted by atomic mass is 127. The summed E-state index contributed by atoms with van der Waals surface area (Å²) in [6, 6.07) is 2.18. The Labute approximate surface area is 229 Å². The molecule has 0 aliphatic heterocycles. The van der Waals surface area contributed by atoms with Crippen LogP contribution in [0.25, 0.3) is 0 Å². The van der Waals surface area contributed by atoms with E-state index in [-0.39, 0.29) is 54.9 Å². The van der Waals surface area contributed by atoms with Gasteiger partial charge in [-0.1, -0.05) is 60.1 Å². The van der Waals surface area contributed by atoms with Crippen molar-refractivity contribution in [1.82, 2.24) is 0 Å². The minimum atomic E-state index is -0.653. The van der Waals surface area contributed by atoms with Crippen LogP contribution >= 0.6 is 22.6 Å². The lowest BCUT2D eigenvalue weighted by Crippen LogP contribution is -2.65. The van der Waals surface area contributed by atoms with E-state index in [9.17, 15) is 19.6 Å². The second-order valence-corrected chi connectivity index (χ2v) is 15.7. The fourth-order valence-electron chi connectivity index (χ4n) is 9.98. The van der Waals surface area contributed by atoms with Gasteiger partial charge in [0, 0.05) is 44.8 Å². The Kier molecular flexibility index (Phi) is 5.59.